The Balaban J connectivity index is 2.55. The van der Waals surface area contributed by atoms with Gasteiger partial charge in [-0.2, -0.15) is 0 Å². The number of rotatable bonds is 6. The van der Waals surface area contributed by atoms with Gasteiger partial charge in [0.1, 0.15) is 11.4 Å². The lowest BCUT2D eigenvalue weighted by molar-refractivity contribution is -0.154. The summed E-state index contributed by atoms with van der Waals surface area (Å²) >= 11 is 0. The molecule has 0 heterocycles. The van der Waals surface area contributed by atoms with Crippen molar-refractivity contribution in [3.63, 3.8) is 0 Å². The first kappa shape index (κ1) is 17.5. The monoisotopic (exact) mass is 315 g/mol. The third-order valence-corrected chi connectivity index (χ3v) is 3.89. The van der Waals surface area contributed by atoms with Gasteiger partial charge in [0, 0.05) is 6.54 Å². The number of hydrogen-bond acceptors (Lipinski definition) is 5. The largest absolute Gasteiger partial charge is 0.497 e. The number of carbonyl (C=O) groups excluding carboxylic acids is 1. The zero-order chi connectivity index (χ0) is 16.1. The molecule has 0 spiro atoms. The van der Waals surface area contributed by atoms with Crippen LogP contribution in [-0.2, 0) is 19.6 Å². The smallest absolute Gasteiger partial charge is 0.307 e. The first-order chi connectivity index (χ1) is 9.64. The molecular weight excluding hydrogens is 294 g/mol. The van der Waals surface area contributed by atoms with Crippen LogP contribution < -0.4 is 9.46 Å². The lowest BCUT2D eigenvalue weighted by Gasteiger charge is -2.19. The molecule has 0 fully saturated rings. The lowest BCUT2D eigenvalue weighted by Crippen LogP contribution is -2.29. The molecule has 0 saturated heterocycles. The van der Waals surface area contributed by atoms with Crippen LogP contribution in [0.4, 0.5) is 0 Å². The molecule has 118 valence electrons. The van der Waals surface area contributed by atoms with Crippen LogP contribution in [0.3, 0.4) is 0 Å². The van der Waals surface area contributed by atoms with Gasteiger partial charge in [-0.25, -0.2) is 13.1 Å². The maximum Gasteiger partial charge on any atom is 0.307 e. The van der Waals surface area contributed by atoms with Crippen molar-refractivity contribution in [3.8, 4) is 5.75 Å². The Morgan fingerprint density at radius 1 is 1.19 bits per heavy atom. The van der Waals surface area contributed by atoms with E-state index < -0.39 is 21.6 Å². The molecule has 0 atom stereocenters. The van der Waals surface area contributed by atoms with Gasteiger partial charge in [0.15, 0.2) is 0 Å². The highest BCUT2D eigenvalue weighted by Crippen LogP contribution is 2.15. The van der Waals surface area contributed by atoms with Crippen LogP contribution in [0.5, 0.6) is 5.75 Å². The molecule has 7 heteroatoms. The SMILES string of the molecule is COc1ccc(S(=O)(=O)NCCC(=O)OC(C)(C)C)cc1. The number of esters is 1. The maximum atomic E-state index is 12.0. The minimum Gasteiger partial charge on any atom is -0.497 e. The van der Waals surface area contributed by atoms with E-state index in [9.17, 15) is 13.2 Å². The van der Waals surface area contributed by atoms with Crippen molar-refractivity contribution in [1.29, 1.82) is 0 Å². The first-order valence-corrected chi connectivity index (χ1v) is 7.98. The fourth-order valence-corrected chi connectivity index (χ4v) is 2.55. The summed E-state index contributed by atoms with van der Waals surface area (Å²) in [6.07, 6.45) is -0.0212. The van der Waals surface area contributed by atoms with Crippen molar-refractivity contribution in [3.05, 3.63) is 24.3 Å². The second-order valence-corrected chi connectivity index (χ2v) is 7.18. The normalized spacial score (nSPS) is 12.0. The van der Waals surface area contributed by atoms with E-state index in [2.05, 4.69) is 4.72 Å². The lowest BCUT2D eigenvalue weighted by atomic mass is 10.2. The number of hydrogen-bond donors (Lipinski definition) is 1. The quantitative estimate of drug-likeness (QED) is 0.808. The average Bonchev–Trinajstić information content (AvgIpc) is 2.36. The Kier molecular flexibility index (Phi) is 5.74. The van der Waals surface area contributed by atoms with Crippen LogP contribution in [0.25, 0.3) is 0 Å². The number of methoxy groups -OCH3 is 1. The topological polar surface area (TPSA) is 81.7 Å². The summed E-state index contributed by atoms with van der Waals surface area (Å²) in [6, 6.07) is 5.99. The minimum absolute atomic E-state index is 0.0106. The second kappa shape index (κ2) is 6.91. The highest BCUT2D eigenvalue weighted by atomic mass is 32.2. The van der Waals surface area contributed by atoms with Gasteiger partial charge in [0.25, 0.3) is 0 Å². The third-order valence-electron chi connectivity index (χ3n) is 2.41. The van der Waals surface area contributed by atoms with Crippen molar-refractivity contribution in [2.75, 3.05) is 13.7 Å². The van der Waals surface area contributed by atoms with E-state index >= 15 is 0 Å². The van der Waals surface area contributed by atoms with Gasteiger partial charge in [-0.05, 0) is 45.0 Å². The average molecular weight is 315 g/mol. The zero-order valence-electron chi connectivity index (χ0n) is 12.7. The van der Waals surface area contributed by atoms with Gasteiger partial charge >= 0.3 is 5.97 Å². The summed E-state index contributed by atoms with van der Waals surface area (Å²) in [5.41, 5.74) is -0.577. The van der Waals surface area contributed by atoms with Crippen LogP contribution in [-0.4, -0.2) is 33.6 Å². The highest BCUT2D eigenvalue weighted by Gasteiger charge is 2.18. The van der Waals surface area contributed by atoms with Gasteiger partial charge in [-0.3, -0.25) is 4.79 Å². The van der Waals surface area contributed by atoms with E-state index in [4.69, 9.17) is 9.47 Å². The Morgan fingerprint density at radius 3 is 2.24 bits per heavy atom. The van der Waals surface area contributed by atoms with Crippen molar-refractivity contribution >= 4 is 16.0 Å². The fraction of sp³-hybridized carbons (Fsp3) is 0.500. The van der Waals surface area contributed by atoms with E-state index in [1.807, 2.05) is 0 Å². The number of carbonyl (C=O) groups is 1. The zero-order valence-corrected chi connectivity index (χ0v) is 13.5. The standard InChI is InChI=1S/C14H21NO5S/c1-14(2,3)20-13(16)9-10-15-21(17,18)12-7-5-11(19-4)6-8-12/h5-8,15H,9-10H2,1-4H3. The van der Waals surface area contributed by atoms with Gasteiger partial charge in [0.2, 0.25) is 10.0 Å². The molecule has 0 aromatic heterocycles. The van der Waals surface area contributed by atoms with E-state index in [0.717, 1.165) is 0 Å². The number of ether oxygens (including phenoxy) is 2. The molecule has 0 aliphatic heterocycles. The Morgan fingerprint density at radius 2 is 1.76 bits per heavy atom. The van der Waals surface area contributed by atoms with Crippen LogP contribution in [0, 0.1) is 0 Å². The van der Waals surface area contributed by atoms with Gasteiger partial charge in [-0.1, -0.05) is 0 Å². The molecule has 21 heavy (non-hydrogen) atoms. The summed E-state index contributed by atoms with van der Waals surface area (Å²) in [5, 5.41) is 0. The highest BCUT2D eigenvalue weighted by molar-refractivity contribution is 7.89. The minimum atomic E-state index is -3.64. The van der Waals surface area contributed by atoms with E-state index in [0.29, 0.717) is 5.75 Å². The maximum absolute atomic E-state index is 12.0. The Bertz CT molecular complexity index is 572. The summed E-state index contributed by atoms with van der Waals surface area (Å²) < 4.78 is 36.4. The number of benzene rings is 1. The van der Waals surface area contributed by atoms with Crippen LogP contribution >= 0.6 is 0 Å². The molecule has 1 aromatic carbocycles. The molecule has 0 bridgehead atoms. The Hall–Kier alpha value is -1.60. The van der Waals surface area contributed by atoms with Crippen LogP contribution in [0.1, 0.15) is 27.2 Å². The molecule has 6 nitrogen and oxygen atoms in total. The van der Waals surface area contributed by atoms with E-state index in [1.165, 1.54) is 19.2 Å². The van der Waals surface area contributed by atoms with Gasteiger partial charge < -0.3 is 9.47 Å². The predicted molar refractivity (Wildman–Crippen MR) is 78.6 cm³/mol. The Labute approximate surface area is 125 Å². The van der Waals surface area contributed by atoms with Gasteiger partial charge in [0.05, 0.1) is 18.4 Å². The molecule has 0 amide bonds. The molecule has 0 saturated carbocycles. The fourth-order valence-electron chi connectivity index (χ4n) is 1.52. The van der Waals surface area contributed by atoms with Crippen molar-refractivity contribution in [1.82, 2.24) is 4.72 Å². The molecule has 0 aliphatic rings. The van der Waals surface area contributed by atoms with Crippen molar-refractivity contribution in [2.45, 2.75) is 37.7 Å². The van der Waals surface area contributed by atoms with Crippen LogP contribution in [0.15, 0.2) is 29.2 Å². The molecule has 0 radical (unpaired) electrons. The third kappa shape index (κ3) is 6.14. The number of nitrogens with one attached hydrogen (secondary N) is 1. The number of sulfonamides is 1. The summed E-state index contributed by atoms with van der Waals surface area (Å²) in [6.45, 7) is 5.26. The molecular formula is C14H21NO5S. The molecule has 0 unspecified atom stereocenters. The summed E-state index contributed by atoms with van der Waals surface area (Å²) in [7, 11) is -2.14. The molecule has 1 aromatic rings. The van der Waals surface area contributed by atoms with Gasteiger partial charge in [-0.15, -0.1) is 0 Å². The molecule has 1 N–H and O–H groups in total. The summed E-state index contributed by atoms with van der Waals surface area (Å²) in [4.78, 5) is 11.6. The molecule has 0 aliphatic carbocycles. The van der Waals surface area contributed by atoms with Crippen molar-refractivity contribution < 1.29 is 22.7 Å². The predicted octanol–water partition coefficient (Wildman–Crippen LogP) is 1.71. The first-order valence-electron chi connectivity index (χ1n) is 6.49. The van der Waals surface area contributed by atoms with Crippen LogP contribution in [0.2, 0.25) is 0 Å². The van der Waals surface area contributed by atoms with E-state index in [-0.39, 0.29) is 17.9 Å². The van der Waals surface area contributed by atoms with E-state index in [1.54, 1.807) is 32.9 Å². The van der Waals surface area contributed by atoms with Crippen molar-refractivity contribution in [2.24, 2.45) is 0 Å². The molecule has 1 rings (SSSR count). The second-order valence-electron chi connectivity index (χ2n) is 5.41. The summed E-state index contributed by atoms with van der Waals surface area (Å²) in [5.74, 6) is 0.127.